The number of para-hydroxylation sites is 1. The molecule has 0 spiro atoms. The fourth-order valence-electron chi connectivity index (χ4n) is 7.57. The quantitative estimate of drug-likeness (QED) is 0.394. The minimum atomic E-state index is -0.253. The maximum Gasteiger partial charge on any atom is 0.260 e. The van der Waals surface area contributed by atoms with Crippen LogP contribution in [0.15, 0.2) is 35.3 Å². The van der Waals surface area contributed by atoms with Crippen molar-refractivity contribution in [1.29, 1.82) is 0 Å². The molecule has 4 aliphatic heterocycles. The summed E-state index contributed by atoms with van der Waals surface area (Å²) in [6, 6.07) is 8.09. The van der Waals surface area contributed by atoms with Gasteiger partial charge in [0.15, 0.2) is 5.65 Å². The van der Waals surface area contributed by atoms with Crippen molar-refractivity contribution in [3.63, 3.8) is 0 Å². The fourth-order valence-corrected chi connectivity index (χ4v) is 8.75. The highest BCUT2D eigenvalue weighted by molar-refractivity contribution is 7.24. The molecule has 3 aromatic heterocycles. The third-order valence-electron chi connectivity index (χ3n) is 9.29. The Labute approximate surface area is 224 Å². The number of carbonyl (C=O) groups is 1. The van der Waals surface area contributed by atoms with Gasteiger partial charge in [-0.15, -0.1) is 11.3 Å². The lowest BCUT2D eigenvalue weighted by Crippen LogP contribution is -2.35. The molecule has 0 aliphatic carbocycles. The van der Waals surface area contributed by atoms with Crippen molar-refractivity contribution in [2.45, 2.75) is 0 Å². The summed E-state index contributed by atoms with van der Waals surface area (Å²) in [5, 5.41) is 0.413. The number of pyridine rings is 1. The van der Waals surface area contributed by atoms with Gasteiger partial charge in [-0.1, -0.05) is 12.1 Å². The zero-order chi connectivity index (χ0) is 25.7. The molecule has 4 atom stereocenters. The van der Waals surface area contributed by atoms with Crippen LogP contribution in [0.2, 0.25) is 0 Å². The van der Waals surface area contributed by atoms with Gasteiger partial charge in [-0.05, 0) is 49.9 Å². The van der Waals surface area contributed by atoms with Crippen LogP contribution < -0.4 is 10.3 Å². The molecule has 7 heterocycles. The van der Waals surface area contributed by atoms with E-state index in [0.717, 1.165) is 49.5 Å². The number of anilines is 1. The molecule has 8 rings (SSSR count). The number of fused-ring (bicyclic) bond motifs is 7. The Balaban J connectivity index is 1.27. The Morgan fingerprint density at radius 2 is 1.53 bits per heavy atom. The van der Waals surface area contributed by atoms with Gasteiger partial charge in [-0.25, -0.2) is 4.98 Å². The highest BCUT2D eigenvalue weighted by Gasteiger charge is 2.42. The summed E-state index contributed by atoms with van der Waals surface area (Å²) >= 11 is 1.51. The number of aromatic nitrogens is 3. The lowest BCUT2D eigenvalue weighted by atomic mass is 10.0. The van der Waals surface area contributed by atoms with Crippen molar-refractivity contribution >= 4 is 49.3 Å². The van der Waals surface area contributed by atoms with E-state index in [1.807, 2.05) is 33.6 Å². The molecular formula is C28H31N7O2S. The van der Waals surface area contributed by atoms with E-state index in [1.54, 1.807) is 6.20 Å². The largest absolute Gasteiger partial charge is 0.340 e. The number of nitrogens with zero attached hydrogens (tertiary/aromatic N) is 7. The Kier molecular flexibility index (Phi) is 4.94. The van der Waals surface area contributed by atoms with E-state index < -0.39 is 0 Å². The van der Waals surface area contributed by atoms with Gasteiger partial charge in [0.1, 0.15) is 10.4 Å². The van der Waals surface area contributed by atoms with Crippen molar-refractivity contribution in [3.05, 3.63) is 46.2 Å². The molecular weight excluding hydrogens is 498 g/mol. The first-order chi connectivity index (χ1) is 18.4. The topological polar surface area (TPSA) is 77.3 Å². The highest BCUT2D eigenvalue weighted by Crippen LogP contribution is 2.36. The van der Waals surface area contributed by atoms with Crippen LogP contribution in [-0.4, -0.2) is 101 Å². The van der Waals surface area contributed by atoms with Crippen molar-refractivity contribution in [2.24, 2.45) is 23.7 Å². The Hall–Kier alpha value is -3.08. The van der Waals surface area contributed by atoms with E-state index in [9.17, 15) is 9.59 Å². The molecule has 9 nitrogen and oxygen atoms in total. The van der Waals surface area contributed by atoms with Crippen molar-refractivity contribution in [1.82, 2.24) is 29.1 Å². The average molecular weight is 530 g/mol. The van der Waals surface area contributed by atoms with Gasteiger partial charge in [-0.2, -0.15) is 4.98 Å². The number of hydrogen-bond acceptors (Lipinski definition) is 8. The SMILES string of the molecule is CN1CC2CN(C(=O)c3c(=O)c4cnc(N5CC6CN(C)CC6C5)nc4n4c3sc3ccccc34)CC2C1. The molecule has 1 amide bonds. The van der Waals surface area contributed by atoms with E-state index >= 15 is 0 Å². The molecule has 0 N–H and O–H groups in total. The minimum Gasteiger partial charge on any atom is -0.340 e. The van der Waals surface area contributed by atoms with Crippen LogP contribution in [0.25, 0.3) is 26.1 Å². The summed E-state index contributed by atoms with van der Waals surface area (Å²) in [5.41, 5.74) is 1.58. The summed E-state index contributed by atoms with van der Waals surface area (Å²) in [6.45, 7) is 7.52. The summed E-state index contributed by atoms with van der Waals surface area (Å²) in [6.07, 6.45) is 1.66. The van der Waals surface area contributed by atoms with Crippen LogP contribution >= 0.6 is 11.3 Å². The van der Waals surface area contributed by atoms with Crippen LogP contribution in [0, 0.1) is 23.7 Å². The van der Waals surface area contributed by atoms with Crippen molar-refractivity contribution < 1.29 is 4.79 Å². The number of carbonyl (C=O) groups excluding carboxylic acids is 1. The molecule has 1 aromatic carbocycles. The normalized spacial score (nSPS) is 27.8. The third-order valence-corrected chi connectivity index (χ3v) is 10.4. The maximum absolute atomic E-state index is 14.0. The zero-order valence-corrected chi connectivity index (χ0v) is 22.5. The van der Waals surface area contributed by atoms with Gasteiger partial charge in [0, 0.05) is 58.6 Å². The summed E-state index contributed by atoms with van der Waals surface area (Å²) in [5.74, 6) is 2.74. The van der Waals surface area contributed by atoms with Crippen LogP contribution in [0.3, 0.4) is 0 Å². The van der Waals surface area contributed by atoms with Crippen molar-refractivity contribution in [3.8, 4) is 0 Å². The summed E-state index contributed by atoms with van der Waals surface area (Å²) in [7, 11) is 4.33. The standard InChI is InChI=1S/C28H31N7O2S/c1-31-8-16-12-33(13-17(16)9-31)26(37)23-24(36)20-7-29-28(34-14-18-10-32(2)11-19(18)15-34)30-25(20)35-21-5-3-4-6-22(21)38-27(23)35/h3-7,16-19H,8-15H2,1-2H3. The maximum atomic E-state index is 14.0. The number of hydrogen-bond donors (Lipinski definition) is 0. The molecule has 4 saturated heterocycles. The number of rotatable bonds is 2. The number of likely N-dealkylation sites (tertiary alicyclic amines) is 3. The molecule has 38 heavy (non-hydrogen) atoms. The molecule has 4 fully saturated rings. The number of benzene rings is 1. The first kappa shape index (κ1) is 22.9. The first-order valence-electron chi connectivity index (χ1n) is 13.6. The van der Waals surface area contributed by atoms with Crippen LogP contribution in [0.1, 0.15) is 10.4 Å². The Bertz CT molecular complexity index is 1650. The number of thiazole rings is 1. The first-order valence-corrected chi connectivity index (χ1v) is 14.4. The van der Waals surface area contributed by atoms with Gasteiger partial charge < -0.3 is 19.6 Å². The van der Waals surface area contributed by atoms with E-state index in [1.165, 1.54) is 11.3 Å². The Morgan fingerprint density at radius 3 is 2.21 bits per heavy atom. The molecule has 10 heteroatoms. The average Bonchev–Trinajstić information content (AvgIpc) is 3.68. The van der Waals surface area contributed by atoms with E-state index in [-0.39, 0.29) is 16.9 Å². The molecule has 4 aliphatic rings. The molecule has 4 unspecified atom stereocenters. The van der Waals surface area contributed by atoms with Gasteiger partial charge in [-0.3, -0.25) is 14.0 Å². The molecule has 0 radical (unpaired) electrons. The van der Waals surface area contributed by atoms with E-state index in [0.29, 0.717) is 58.6 Å². The van der Waals surface area contributed by atoms with E-state index in [4.69, 9.17) is 4.98 Å². The third kappa shape index (κ3) is 3.29. The number of amides is 1. The van der Waals surface area contributed by atoms with Crippen LogP contribution in [0.4, 0.5) is 5.95 Å². The van der Waals surface area contributed by atoms with Crippen LogP contribution in [0.5, 0.6) is 0 Å². The molecule has 196 valence electrons. The lowest BCUT2D eigenvalue weighted by molar-refractivity contribution is 0.0776. The zero-order valence-electron chi connectivity index (χ0n) is 21.7. The monoisotopic (exact) mass is 529 g/mol. The van der Waals surface area contributed by atoms with Gasteiger partial charge in [0.05, 0.1) is 15.6 Å². The lowest BCUT2D eigenvalue weighted by Gasteiger charge is -2.21. The van der Waals surface area contributed by atoms with Gasteiger partial charge in [0.2, 0.25) is 11.4 Å². The van der Waals surface area contributed by atoms with Crippen LogP contribution in [-0.2, 0) is 0 Å². The highest BCUT2D eigenvalue weighted by atomic mass is 32.1. The molecule has 0 saturated carbocycles. The second kappa shape index (κ2) is 8.21. The predicted molar refractivity (Wildman–Crippen MR) is 149 cm³/mol. The van der Waals surface area contributed by atoms with Crippen molar-refractivity contribution in [2.75, 3.05) is 71.4 Å². The van der Waals surface area contributed by atoms with Gasteiger partial charge in [0.25, 0.3) is 5.91 Å². The fraction of sp³-hybridized carbons (Fsp3) is 0.500. The summed E-state index contributed by atoms with van der Waals surface area (Å²) in [4.78, 5) is 47.3. The van der Waals surface area contributed by atoms with Gasteiger partial charge >= 0.3 is 0 Å². The minimum absolute atomic E-state index is 0.154. The molecule has 4 aromatic rings. The summed E-state index contributed by atoms with van der Waals surface area (Å²) < 4.78 is 3.07. The second-order valence-electron chi connectivity index (χ2n) is 11.9. The van der Waals surface area contributed by atoms with E-state index in [2.05, 4.69) is 33.8 Å². The predicted octanol–water partition coefficient (Wildman–Crippen LogP) is 2.09. The smallest absolute Gasteiger partial charge is 0.260 e. The Morgan fingerprint density at radius 1 is 0.895 bits per heavy atom. The molecule has 0 bridgehead atoms. The second-order valence-corrected chi connectivity index (χ2v) is 13.0.